The zero-order valence-electron chi connectivity index (χ0n) is 14.4. The third-order valence-electron chi connectivity index (χ3n) is 3.56. The normalized spacial score (nSPS) is 12.0. The van der Waals surface area contributed by atoms with Crippen LogP contribution in [0.3, 0.4) is 0 Å². The van der Waals surface area contributed by atoms with Crippen LogP contribution in [0.5, 0.6) is 0 Å². The molecule has 0 saturated heterocycles. The fourth-order valence-electron chi connectivity index (χ4n) is 2.18. The summed E-state index contributed by atoms with van der Waals surface area (Å²) < 4.78 is 44.3. The Morgan fingerprint density at radius 3 is 2.68 bits per heavy atom. The molecule has 0 bridgehead atoms. The zero-order valence-corrected chi connectivity index (χ0v) is 15.9. The molecule has 0 aliphatic carbocycles. The van der Waals surface area contributed by atoms with Crippen LogP contribution >= 0.6 is 23.2 Å². The molecule has 1 aromatic carbocycles. The molecule has 148 valence electrons. The first-order chi connectivity index (χ1) is 13.1. The van der Waals surface area contributed by atoms with Gasteiger partial charge in [0.15, 0.2) is 0 Å². The number of esters is 1. The number of halogens is 5. The Balaban J connectivity index is 2.49. The van der Waals surface area contributed by atoms with E-state index in [2.05, 4.69) is 11.7 Å². The van der Waals surface area contributed by atoms with Crippen LogP contribution in [0.4, 0.5) is 13.2 Å². The van der Waals surface area contributed by atoms with Gasteiger partial charge in [0.25, 0.3) is 5.56 Å². The van der Waals surface area contributed by atoms with E-state index in [-0.39, 0.29) is 27.9 Å². The molecule has 0 radical (unpaired) electrons. The van der Waals surface area contributed by atoms with Crippen molar-refractivity contribution >= 4 is 35.2 Å². The van der Waals surface area contributed by atoms with Crippen LogP contribution in [-0.2, 0) is 15.7 Å². The molecule has 0 N–H and O–H groups in total. The molecule has 0 saturated carbocycles. The minimum absolute atomic E-state index is 0.0409. The number of aromatic nitrogens is 2. The van der Waals surface area contributed by atoms with Crippen molar-refractivity contribution in [2.45, 2.75) is 13.1 Å². The highest BCUT2D eigenvalue weighted by molar-refractivity contribution is 6.43. The van der Waals surface area contributed by atoms with Crippen molar-refractivity contribution in [1.29, 1.82) is 0 Å². The molecule has 2 rings (SSSR count). The van der Waals surface area contributed by atoms with Gasteiger partial charge in [-0.25, -0.2) is 4.79 Å². The number of hydrogen-bond acceptors (Lipinski definition) is 4. The van der Waals surface area contributed by atoms with Gasteiger partial charge in [0.05, 0.1) is 17.4 Å². The number of carbonyl (C=O) groups excluding carboxylic acids is 1. The van der Waals surface area contributed by atoms with Crippen LogP contribution < -0.4 is 5.56 Å². The Bertz CT molecular complexity index is 1010. The van der Waals surface area contributed by atoms with Gasteiger partial charge < -0.3 is 4.74 Å². The third kappa shape index (κ3) is 4.82. The maximum absolute atomic E-state index is 12.9. The molecule has 0 aliphatic rings. The average Bonchev–Trinajstić information content (AvgIpc) is 2.62. The summed E-state index contributed by atoms with van der Waals surface area (Å²) in [5.74, 6) is -0.816. The Labute approximate surface area is 167 Å². The SMILES string of the molecule is C=CCOC(=O)C(Cl)=Cc1cc(-n2ncc(C(F)(F)F)c(C)c2=O)ccc1Cl. The Morgan fingerprint density at radius 1 is 1.39 bits per heavy atom. The maximum atomic E-state index is 12.9. The first-order valence-corrected chi connectivity index (χ1v) is 8.43. The number of alkyl halides is 3. The summed E-state index contributed by atoms with van der Waals surface area (Å²) in [5.41, 5.74) is -2.17. The number of carbonyl (C=O) groups is 1. The van der Waals surface area contributed by atoms with Crippen LogP contribution in [0, 0.1) is 6.92 Å². The first-order valence-electron chi connectivity index (χ1n) is 7.67. The summed E-state index contributed by atoms with van der Waals surface area (Å²) in [6.45, 7) is 4.42. The second-order valence-corrected chi connectivity index (χ2v) is 6.30. The van der Waals surface area contributed by atoms with Crippen molar-refractivity contribution < 1.29 is 22.7 Å². The lowest BCUT2D eigenvalue weighted by molar-refractivity contribution is -0.138. The van der Waals surface area contributed by atoms with E-state index >= 15 is 0 Å². The molecule has 5 nitrogen and oxygen atoms in total. The van der Waals surface area contributed by atoms with E-state index < -0.39 is 28.8 Å². The molecule has 0 fully saturated rings. The average molecular weight is 433 g/mol. The van der Waals surface area contributed by atoms with Crippen molar-refractivity contribution in [1.82, 2.24) is 9.78 Å². The fraction of sp³-hybridized carbons (Fsp3) is 0.167. The lowest BCUT2D eigenvalue weighted by atomic mass is 10.1. The Hall–Kier alpha value is -2.58. The van der Waals surface area contributed by atoms with Crippen LogP contribution in [0.1, 0.15) is 16.7 Å². The van der Waals surface area contributed by atoms with Gasteiger partial charge in [-0.05, 0) is 36.8 Å². The van der Waals surface area contributed by atoms with Crippen LogP contribution in [0.2, 0.25) is 5.02 Å². The lowest BCUT2D eigenvalue weighted by Gasteiger charge is -2.12. The van der Waals surface area contributed by atoms with E-state index in [0.29, 0.717) is 6.20 Å². The number of rotatable bonds is 5. The molecule has 0 unspecified atom stereocenters. The van der Waals surface area contributed by atoms with Gasteiger partial charge in [0.1, 0.15) is 11.6 Å². The molecule has 0 spiro atoms. The van der Waals surface area contributed by atoms with Crippen molar-refractivity contribution in [3.63, 3.8) is 0 Å². The van der Waals surface area contributed by atoms with Gasteiger partial charge in [0.2, 0.25) is 0 Å². The van der Waals surface area contributed by atoms with E-state index in [1.54, 1.807) is 0 Å². The summed E-state index contributed by atoms with van der Waals surface area (Å²) in [4.78, 5) is 24.0. The van der Waals surface area contributed by atoms with Crippen molar-refractivity contribution in [2.75, 3.05) is 6.61 Å². The zero-order chi connectivity index (χ0) is 21.1. The summed E-state index contributed by atoms with van der Waals surface area (Å²) >= 11 is 11.9. The van der Waals surface area contributed by atoms with Crippen LogP contribution in [-0.4, -0.2) is 22.4 Å². The number of hydrogen-bond donors (Lipinski definition) is 0. The molecule has 2 aromatic rings. The van der Waals surface area contributed by atoms with Crippen molar-refractivity contribution in [3.05, 3.63) is 74.1 Å². The van der Waals surface area contributed by atoms with Crippen LogP contribution in [0.25, 0.3) is 11.8 Å². The van der Waals surface area contributed by atoms with Crippen molar-refractivity contribution in [2.24, 2.45) is 0 Å². The summed E-state index contributed by atoms with van der Waals surface area (Å²) in [6.07, 6.45) is -1.55. The minimum atomic E-state index is -4.69. The summed E-state index contributed by atoms with van der Waals surface area (Å²) in [7, 11) is 0. The predicted molar refractivity (Wildman–Crippen MR) is 99.6 cm³/mol. The fourth-order valence-corrected chi connectivity index (χ4v) is 2.53. The summed E-state index contributed by atoms with van der Waals surface area (Å²) in [6, 6.07) is 4.14. The standard InChI is InChI=1S/C18H13Cl2F3N2O3/c1-3-6-28-17(27)15(20)8-11-7-12(4-5-14(11)19)25-16(26)10(2)13(9-24-25)18(21,22)23/h3-5,7-9H,1,6H2,2H3. The number of ether oxygens (including phenoxy) is 1. The maximum Gasteiger partial charge on any atom is 0.418 e. The molecule has 10 heteroatoms. The molecular formula is C18H13Cl2F3N2O3. The second kappa shape index (κ2) is 8.62. The minimum Gasteiger partial charge on any atom is -0.457 e. The van der Waals surface area contributed by atoms with E-state index in [9.17, 15) is 22.8 Å². The number of benzene rings is 1. The highest BCUT2D eigenvalue weighted by Gasteiger charge is 2.34. The lowest BCUT2D eigenvalue weighted by Crippen LogP contribution is -2.27. The number of nitrogens with zero attached hydrogens (tertiary/aromatic N) is 2. The monoisotopic (exact) mass is 432 g/mol. The van der Waals surface area contributed by atoms with E-state index in [1.165, 1.54) is 30.4 Å². The third-order valence-corrected chi connectivity index (χ3v) is 4.17. The highest BCUT2D eigenvalue weighted by atomic mass is 35.5. The Morgan fingerprint density at radius 2 is 2.07 bits per heavy atom. The van der Waals surface area contributed by atoms with Crippen LogP contribution in [0.15, 0.2) is 46.9 Å². The summed E-state index contributed by atoms with van der Waals surface area (Å²) in [5, 5.41) is 3.49. The van der Waals surface area contributed by atoms with Gasteiger partial charge in [-0.15, -0.1) is 0 Å². The molecule has 1 heterocycles. The van der Waals surface area contributed by atoms with Gasteiger partial charge >= 0.3 is 12.1 Å². The van der Waals surface area contributed by atoms with E-state index in [4.69, 9.17) is 27.9 Å². The molecular weight excluding hydrogens is 420 g/mol. The quantitative estimate of drug-likeness (QED) is 0.395. The highest BCUT2D eigenvalue weighted by Crippen LogP contribution is 2.30. The van der Waals surface area contributed by atoms with Gasteiger partial charge in [-0.3, -0.25) is 4.79 Å². The second-order valence-electron chi connectivity index (χ2n) is 5.48. The van der Waals surface area contributed by atoms with E-state index in [0.717, 1.165) is 11.6 Å². The molecule has 0 aliphatic heterocycles. The van der Waals surface area contributed by atoms with Gasteiger partial charge in [0, 0.05) is 10.6 Å². The Kier molecular flexibility index (Phi) is 6.69. The largest absolute Gasteiger partial charge is 0.457 e. The molecule has 28 heavy (non-hydrogen) atoms. The molecule has 0 atom stereocenters. The predicted octanol–water partition coefficient (Wildman–Crippen LogP) is 4.52. The van der Waals surface area contributed by atoms with Gasteiger partial charge in [-0.1, -0.05) is 35.9 Å². The molecule has 0 amide bonds. The van der Waals surface area contributed by atoms with E-state index in [1.807, 2.05) is 0 Å². The topological polar surface area (TPSA) is 61.2 Å². The first kappa shape index (κ1) is 21.7. The smallest absolute Gasteiger partial charge is 0.418 e. The van der Waals surface area contributed by atoms with Crippen molar-refractivity contribution in [3.8, 4) is 5.69 Å². The molecule has 1 aromatic heterocycles. The van der Waals surface area contributed by atoms with Gasteiger partial charge in [-0.2, -0.15) is 23.0 Å².